The minimum absolute atomic E-state index is 0.0192. The van der Waals surface area contributed by atoms with E-state index in [1.807, 2.05) is 0 Å². The van der Waals surface area contributed by atoms with Crippen LogP contribution in [0.3, 0.4) is 0 Å². The normalized spacial score (nSPS) is 12.4. The molecule has 2 N–H and O–H groups in total. The van der Waals surface area contributed by atoms with Crippen molar-refractivity contribution < 1.29 is 17.9 Å². The monoisotopic (exact) mass is 390 g/mol. The predicted octanol–water partition coefficient (Wildman–Crippen LogP) is 6.00. The van der Waals surface area contributed by atoms with Crippen LogP contribution in [0.2, 0.25) is 5.02 Å². The molecular weight excluding hydrogens is 376 g/mol. The first-order valence-electron chi connectivity index (χ1n) is 7.16. The molecule has 0 spiro atoms. The number of aliphatic imine (C=N–C) groups is 1. The van der Waals surface area contributed by atoms with Crippen molar-refractivity contribution in [3.63, 3.8) is 0 Å². The highest BCUT2D eigenvalue weighted by Gasteiger charge is 2.31. The second-order valence-corrected chi connectivity index (χ2v) is 6.04. The van der Waals surface area contributed by atoms with Gasteiger partial charge >= 0.3 is 6.18 Å². The second kappa shape index (κ2) is 7.54. The number of hydrogen-bond acceptors (Lipinski definition) is 2. The second-order valence-electron chi connectivity index (χ2n) is 5.39. The van der Waals surface area contributed by atoms with Gasteiger partial charge in [-0.3, -0.25) is 0 Å². The van der Waals surface area contributed by atoms with E-state index in [1.165, 1.54) is 6.07 Å². The predicted molar refractivity (Wildman–Crippen MR) is 94.4 cm³/mol. The summed E-state index contributed by atoms with van der Waals surface area (Å²) in [5, 5.41) is 0.601. The number of ether oxygens (including phenoxy) is 1. The van der Waals surface area contributed by atoms with Gasteiger partial charge in [0.1, 0.15) is 17.3 Å². The molecule has 2 rings (SSSR count). The summed E-state index contributed by atoms with van der Waals surface area (Å²) >= 11 is 11.7. The van der Waals surface area contributed by atoms with Crippen molar-refractivity contribution in [2.24, 2.45) is 10.7 Å². The zero-order chi connectivity index (χ0) is 18.8. The van der Waals surface area contributed by atoms with Crippen LogP contribution < -0.4 is 10.5 Å². The molecule has 0 saturated heterocycles. The van der Waals surface area contributed by atoms with Crippen LogP contribution in [0.5, 0.6) is 11.5 Å². The van der Waals surface area contributed by atoms with Gasteiger partial charge in [-0.2, -0.15) is 13.2 Å². The lowest BCUT2D eigenvalue weighted by atomic mass is 10.1. The molecule has 3 nitrogen and oxygen atoms in total. The number of aryl methyl sites for hydroxylation is 2. The topological polar surface area (TPSA) is 47.6 Å². The number of nitrogens with zero attached hydrogens (tertiary/aromatic N) is 1. The van der Waals surface area contributed by atoms with Gasteiger partial charge in [-0.05, 0) is 55.3 Å². The summed E-state index contributed by atoms with van der Waals surface area (Å²) in [6.45, 7) is 3.61. The number of benzene rings is 2. The Morgan fingerprint density at radius 1 is 1.16 bits per heavy atom. The van der Waals surface area contributed by atoms with Crippen LogP contribution in [-0.2, 0) is 6.18 Å². The van der Waals surface area contributed by atoms with Gasteiger partial charge in [0.15, 0.2) is 5.75 Å². The van der Waals surface area contributed by atoms with Crippen LogP contribution >= 0.6 is 23.2 Å². The number of alkyl halides is 4. The van der Waals surface area contributed by atoms with Gasteiger partial charge in [0.2, 0.25) is 0 Å². The highest BCUT2D eigenvalue weighted by molar-refractivity contribution is 6.32. The van der Waals surface area contributed by atoms with Crippen molar-refractivity contribution >= 4 is 34.7 Å². The molecule has 0 unspecified atom stereocenters. The Kier molecular flexibility index (Phi) is 5.85. The van der Waals surface area contributed by atoms with Crippen molar-refractivity contribution in [3.8, 4) is 11.5 Å². The molecule has 0 saturated carbocycles. The summed E-state index contributed by atoms with van der Waals surface area (Å²) in [5.74, 6) is 0.422. The highest BCUT2D eigenvalue weighted by atomic mass is 35.5. The Balaban J connectivity index is 2.49. The molecular formula is C17H15Cl2F3N2O. The standard InChI is InChI=1S/C17H15Cl2F3N2O/c1-9-5-12(6-10(2)16(9)19)25-14-4-3-11(17(20,21)22)7-13(14)24-15(23)8-18/h3-7H,8H2,1-2H3,(H2,23,24). The van der Waals surface area contributed by atoms with Crippen molar-refractivity contribution in [2.45, 2.75) is 20.0 Å². The summed E-state index contributed by atoms with van der Waals surface area (Å²) < 4.78 is 44.5. The third-order valence-corrected chi connectivity index (χ3v) is 4.20. The number of amidine groups is 1. The largest absolute Gasteiger partial charge is 0.455 e. The average molecular weight is 391 g/mol. The maximum Gasteiger partial charge on any atom is 0.416 e. The Labute approximate surface area is 153 Å². The van der Waals surface area contributed by atoms with E-state index in [1.54, 1.807) is 26.0 Å². The zero-order valence-corrected chi connectivity index (χ0v) is 14.9. The number of halogens is 5. The summed E-state index contributed by atoms with van der Waals surface area (Å²) in [7, 11) is 0. The molecule has 0 radical (unpaired) electrons. The first-order chi connectivity index (χ1) is 11.6. The molecule has 134 valence electrons. The quantitative estimate of drug-likeness (QED) is 0.395. The van der Waals surface area contributed by atoms with E-state index in [0.717, 1.165) is 23.3 Å². The Morgan fingerprint density at radius 3 is 2.28 bits per heavy atom. The van der Waals surface area contributed by atoms with Crippen molar-refractivity contribution in [3.05, 3.63) is 52.0 Å². The maximum absolute atomic E-state index is 12.9. The summed E-state index contributed by atoms with van der Waals surface area (Å²) in [6, 6.07) is 6.35. The molecule has 0 fully saturated rings. The molecule has 2 aromatic carbocycles. The van der Waals surface area contributed by atoms with Gasteiger partial charge in [-0.25, -0.2) is 4.99 Å². The van der Waals surface area contributed by atoms with Gasteiger partial charge in [-0.1, -0.05) is 11.6 Å². The maximum atomic E-state index is 12.9. The average Bonchev–Trinajstić information content (AvgIpc) is 2.53. The van der Waals surface area contributed by atoms with Crippen molar-refractivity contribution in [2.75, 3.05) is 5.88 Å². The molecule has 0 heterocycles. The Morgan fingerprint density at radius 2 is 1.76 bits per heavy atom. The van der Waals surface area contributed by atoms with Crippen molar-refractivity contribution in [1.29, 1.82) is 0 Å². The van der Waals surface area contributed by atoms with Crippen LogP contribution in [0, 0.1) is 13.8 Å². The minimum atomic E-state index is -4.51. The van der Waals surface area contributed by atoms with E-state index in [0.29, 0.717) is 10.8 Å². The Bertz CT molecular complexity index is 797. The van der Waals surface area contributed by atoms with E-state index in [2.05, 4.69) is 4.99 Å². The van der Waals surface area contributed by atoms with Crippen LogP contribution in [0.4, 0.5) is 18.9 Å². The van der Waals surface area contributed by atoms with Crippen LogP contribution in [0.1, 0.15) is 16.7 Å². The number of rotatable bonds is 4. The summed E-state index contributed by atoms with van der Waals surface area (Å²) in [4.78, 5) is 3.92. The van der Waals surface area contributed by atoms with E-state index < -0.39 is 11.7 Å². The molecule has 0 aliphatic heterocycles. The molecule has 0 bridgehead atoms. The lowest BCUT2D eigenvalue weighted by molar-refractivity contribution is -0.137. The molecule has 0 aliphatic carbocycles. The third kappa shape index (κ3) is 4.80. The molecule has 0 atom stereocenters. The molecule has 0 aliphatic rings. The van der Waals surface area contributed by atoms with Gasteiger partial charge in [0.25, 0.3) is 0 Å². The lowest BCUT2D eigenvalue weighted by Crippen LogP contribution is -2.12. The third-order valence-electron chi connectivity index (χ3n) is 3.33. The van der Waals surface area contributed by atoms with Crippen LogP contribution in [-0.4, -0.2) is 11.7 Å². The first kappa shape index (κ1) is 19.4. The minimum Gasteiger partial charge on any atom is -0.455 e. The fraction of sp³-hybridized carbons (Fsp3) is 0.235. The summed E-state index contributed by atoms with van der Waals surface area (Å²) in [5.41, 5.74) is 6.22. The van der Waals surface area contributed by atoms with Gasteiger partial charge < -0.3 is 10.5 Å². The van der Waals surface area contributed by atoms with E-state index in [-0.39, 0.29) is 23.2 Å². The molecule has 25 heavy (non-hydrogen) atoms. The molecule has 2 aromatic rings. The first-order valence-corrected chi connectivity index (χ1v) is 8.08. The fourth-order valence-corrected chi connectivity index (χ4v) is 2.31. The van der Waals surface area contributed by atoms with Gasteiger partial charge in [0, 0.05) is 5.02 Å². The molecule has 0 aromatic heterocycles. The van der Waals surface area contributed by atoms with E-state index in [9.17, 15) is 13.2 Å². The van der Waals surface area contributed by atoms with Gasteiger partial charge in [0.05, 0.1) is 11.4 Å². The van der Waals surface area contributed by atoms with E-state index in [4.69, 9.17) is 33.7 Å². The smallest absolute Gasteiger partial charge is 0.416 e. The van der Waals surface area contributed by atoms with Crippen LogP contribution in [0.25, 0.3) is 0 Å². The molecule has 0 amide bonds. The lowest BCUT2D eigenvalue weighted by Gasteiger charge is -2.14. The SMILES string of the molecule is Cc1cc(Oc2ccc(C(F)(F)F)cc2N=C(N)CCl)cc(C)c1Cl. The highest BCUT2D eigenvalue weighted by Crippen LogP contribution is 2.39. The van der Waals surface area contributed by atoms with E-state index >= 15 is 0 Å². The number of nitrogens with two attached hydrogens (primary N) is 1. The summed E-state index contributed by atoms with van der Waals surface area (Å²) in [6.07, 6.45) is -4.51. The molecule has 8 heteroatoms. The Hall–Kier alpha value is -1.92. The van der Waals surface area contributed by atoms with Gasteiger partial charge in [-0.15, -0.1) is 11.6 Å². The number of hydrogen-bond donors (Lipinski definition) is 1. The van der Waals surface area contributed by atoms with Crippen LogP contribution in [0.15, 0.2) is 35.3 Å². The van der Waals surface area contributed by atoms with Crippen molar-refractivity contribution in [1.82, 2.24) is 0 Å². The fourth-order valence-electron chi connectivity index (χ4n) is 2.14. The zero-order valence-electron chi connectivity index (χ0n) is 13.4.